The van der Waals surface area contributed by atoms with Crippen LogP contribution in [0.3, 0.4) is 0 Å². The number of carbonyl (C=O) groups is 3. The Hall–Kier alpha value is -3.21. The number of imide groups is 1. The first-order chi connectivity index (χ1) is 17.4. The summed E-state index contributed by atoms with van der Waals surface area (Å²) in [5, 5.41) is 4.63. The number of nitrogens with zero attached hydrogens (tertiary/aromatic N) is 3. The second kappa shape index (κ2) is 10.4. The van der Waals surface area contributed by atoms with Crippen LogP contribution in [0.15, 0.2) is 52.9 Å². The maximum Gasteiger partial charge on any atom is 0.329 e. The van der Waals surface area contributed by atoms with Crippen molar-refractivity contribution in [2.75, 3.05) is 28.2 Å². The average Bonchev–Trinajstić information content (AvgIpc) is 3.55. The minimum Gasteiger partial charge on any atom is -0.372 e. The molecule has 2 aromatic heterocycles. The van der Waals surface area contributed by atoms with Crippen LogP contribution in [0.5, 0.6) is 0 Å². The molecule has 0 spiro atoms. The van der Waals surface area contributed by atoms with E-state index in [-0.39, 0.29) is 18.1 Å². The fourth-order valence-electron chi connectivity index (χ4n) is 4.30. The van der Waals surface area contributed by atoms with Gasteiger partial charge in [-0.3, -0.25) is 14.3 Å². The number of nitrogens with one attached hydrogen (secondary N) is 2. The highest BCUT2D eigenvalue weighted by molar-refractivity contribution is 8.15. The largest absolute Gasteiger partial charge is 0.372 e. The SMILES string of the molecule is C/C=S(/NC(=O)Nc1ccc(N2C(=O)Cc3cc(N4CCCC4)ccc3C2=O)nc1)c1ccc(Cl)s1. The number of fused-ring (bicyclic) bond motifs is 1. The molecule has 4 amide bonds. The molecule has 1 unspecified atom stereocenters. The van der Waals surface area contributed by atoms with Gasteiger partial charge in [0.1, 0.15) is 5.82 Å². The number of halogens is 1. The third-order valence-corrected chi connectivity index (χ3v) is 9.28. The number of hydrogen-bond donors (Lipinski definition) is 2. The highest BCUT2D eigenvalue weighted by Crippen LogP contribution is 2.33. The van der Waals surface area contributed by atoms with Crippen LogP contribution in [0.2, 0.25) is 4.34 Å². The molecule has 0 aliphatic carbocycles. The molecule has 1 fully saturated rings. The second-order valence-corrected chi connectivity index (χ2v) is 12.1. The fourth-order valence-corrected chi connectivity index (χ4v) is 7.18. The summed E-state index contributed by atoms with van der Waals surface area (Å²) in [4.78, 5) is 46.3. The molecule has 4 heterocycles. The van der Waals surface area contributed by atoms with E-state index in [9.17, 15) is 14.4 Å². The van der Waals surface area contributed by atoms with E-state index in [0.717, 1.165) is 46.3 Å². The average molecular weight is 542 g/mol. The summed E-state index contributed by atoms with van der Waals surface area (Å²) in [5.41, 5.74) is 2.75. The normalized spacial score (nSPS) is 16.3. The van der Waals surface area contributed by atoms with Crippen LogP contribution in [0.1, 0.15) is 35.7 Å². The molecule has 1 aromatic carbocycles. The summed E-state index contributed by atoms with van der Waals surface area (Å²) in [6.07, 6.45) is 3.87. The van der Waals surface area contributed by atoms with Crippen LogP contribution in [-0.2, 0) is 11.2 Å². The smallest absolute Gasteiger partial charge is 0.329 e. The number of aromatic nitrogens is 1. The molecule has 8 nitrogen and oxygen atoms in total. The van der Waals surface area contributed by atoms with Crippen molar-refractivity contribution in [3.8, 4) is 0 Å². The number of pyridine rings is 1. The Morgan fingerprint density at radius 2 is 1.94 bits per heavy atom. The van der Waals surface area contributed by atoms with Gasteiger partial charge in [0.25, 0.3) is 5.91 Å². The van der Waals surface area contributed by atoms with E-state index in [1.165, 1.54) is 17.5 Å². The van der Waals surface area contributed by atoms with Gasteiger partial charge in [0, 0.05) is 24.3 Å². The van der Waals surface area contributed by atoms with Gasteiger partial charge in [-0.05, 0) is 73.2 Å². The maximum atomic E-state index is 13.2. The topological polar surface area (TPSA) is 94.6 Å². The Bertz CT molecular complexity index is 1370. The molecule has 2 aliphatic heterocycles. The molecule has 1 saturated heterocycles. The van der Waals surface area contributed by atoms with E-state index in [2.05, 4.69) is 19.9 Å². The Balaban J connectivity index is 1.27. The van der Waals surface area contributed by atoms with Gasteiger partial charge in [-0.15, -0.1) is 11.3 Å². The Labute approximate surface area is 220 Å². The molecule has 2 aliphatic rings. The summed E-state index contributed by atoms with van der Waals surface area (Å²) in [6.45, 7) is 3.86. The Morgan fingerprint density at radius 3 is 2.61 bits per heavy atom. The lowest BCUT2D eigenvalue weighted by molar-refractivity contribution is -0.117. The van der Waals surface area contributed by atoms with Crippen molar-refractivity contribution < 1.29 is 14.4 Å². The van der Waals surface area contributed by atoms with E-state index in [1.54, 1.807) is 24.3 Å². The van der Waals surface area contributed by atoms with Crippen molar-refractivity contribution in [3.05, 3.63) is 64.1 Å². The van der Waals surface area contributed by atoms with Crippen LogP contribution in [0.25, 0.3) is 0 Å². The molecule has 36 heavy (non-hydrogen) atoms. The van der Waals surface area contributed by atoms with E-state index in [1.807, 2.05) is 30.5 Å². The lowest BCUT2D eigenvalue weighted by Crippen LogP contribution is -2.43. The van der Waals surface area contributed by atoms with Crippen LogP contribution in [0.4, 0.5) is 22.0 Å². The van der Waals surface area contributed by atoms with Gasteiger partial charge in [0.2, 0.25) is 5.91 Å². The zero-order valence-corrected chi connectivity index (χ0v) is 21.9. The van der Waals surface area contributed by atoms with Crippen LogP contribution in [0, 0.1) is 0 Å². The molecule has 0 saturated carbocycles. The molecule has 1 atom stereocenters. The molecule has 186 valence electrons. The Morgan fingerprint density at radius 1 is 1.14 bits per heavy atom. The number of benzene rings is 1. The van der Waals surface area contributed by atoms with Gasteiger partial charge in [0.15, 0.2) is 0 Å². The van der Waals surface area contributed by atoms with E-state index in [0.29, 0.717) is 15.6 Å². The molecular formula is C25H24ClN5O3S2. The number of amides is 4. The molecule has 2 N–H and O–H groups in total. The highest BCUT2D eigenvalue weighted by Gasteiger charge is 2.33. The minimum atomic E-state index is -0.593. The molecule has 5 rings (SSSR count). The molecule has 0 bridgehead atoms. The van der Waals surface area contributed by atoms with Gasteiger partial charge in [-0.25, -0.2) is 14.7 Å². The Kier molecular flexibility index (Phi) is 7.08. The molecule has 11 heteroatoms. The number of hydrogen-bond acceptors (Lipinski definition) is 6. The van der Waals surface area contributed by atoms with Crippen molar-refractivity contribution >= 4 is 74.0 Å². The van der Waals surface area contributed by atoms with E-state index >= 15 is 0 Å². The quantitative estimate of drug-likeness (QED) is 0.337. The number of thiophene rings is 1. The number of carbonyl (C=O) groups excluding carboxylic acids is 3. The van der Waals surface area contributed by atoms with Crippen molar-refractivity contribution in [1.82, 2.24) is 9.71 Å². The molecule has 3 aromatic rings. The summed E-state index contributed by atoms with van der Waals surface area (Å²) >= 11 is 7.42. The zero-order valence-electron chi connectivity index (χ0n) is 19.5. The second-order valence-electron chi connectivity index (χ2n) is 8.34. The van der Waals surface area contributed by atoms with Gasteiger partial charge in [-0.1, -0.05) is 22.3 Å². The zero-order chi connectivity index (χ0) is 25.2. The molecular weight excluding hydrogens is 518 g/mol. The van der Waals surface area contributed by atoms with Gasteiger partial charge in [-0.2, -0.15) is 0 Å². The minimum absolute atomic E-state index is 0.134. The van der Waals surface area contributed by atoms with Gasteiger partial charge >= 0.3 is 6.03 Å². The summed E-state index contributed by atoms with van der Waals surface area (Å²) < 4.78 is 4.50. The number of rotatable bonds is 5. The standard InChI is InChI=1S/C25H24ClN5O3S2/c1-2-36(23-10-8-20(26)35-23)29-25(34)28-17-5-9-21(27-15-17)31-22(32)14-16-13-18(30-11-3-4-12-30)6-7-19(16)24(31)33/h2,5-10,13,15H,3-4,11-12,14H2,1H3,(H2,28,29,34). The number of urea groups is 1. The van der Waals surface area contributed by atoms with Crippen LogP contribution >= 0.6 is 33.6 Å². The third kappa shape index (κ3) is 5.02. The predicted molar refractivity (Wildman–Crippen MR) is 147 cm³/mol. The summed E-state index contributed by atoms with van der Waals surface area (Å²) in [5.74, 6) is -0.494. The summed E-state index contributed by atoms with van der Waals surface area (Å²) in [7, 11) is -0.593. The lowest BCUT2D eigenvalue weighted by atomic mass is 9.97. The van der Waals surface area contributed by atoms with Crippen molar-refractivity contribution in [2.45, 2.75) is 30.4 Å². The molecule has 0 radical (unpaired) electrons. The fraction of sp³-hybridized carbons (Fsp3) is 0.240. The van der Waals surface area contributed by atoms with Gasteiger partial charge < -0.3 is 10.2 Å². The van der Waals surface area contributed by atoms with Crippen molar-refractivity contribution in [2.24, 2.45) is 0 Å². The highest BCUT2D eigenvalue weighted by atomic mass is 35.5. The van der Waals surface area contributed by atoms with Crippen molar-refractivity contribution in [1.29, 1.82) is 0 Å². The first-order valence-corrected chi connectivity index (χ1v) is 14.0. The van der Waals surface area contributed by atoms with E-state index in [4.69, 9.17) is 11.6 Å². The van der Waals surface area contributed by atoms with E-state index < -0.39 is 22.6 Å². The summed E-state index contributed by atoms with van der Waals surface area (Å²) in [6, 6.07) is 12.1. The van der Waals surface area contributed by atoms with Crippen molar-refractivity contribution in [3.63, 3.8) is 0 Å². The number of anilines is 3. The van der Waals surface area contributed by atoms with Gasteiger partial charge in [0.05, 0.1) is 26.9 Å². The van der Waals surface area contributed by atoms with Crippen LogP contribution < -0.4 is 19.8 Å². The lowest BCUT2D eigenvalue weighted by Gasteiger charge is -2.27. The first kappa shape index (κ1) is 24.5. The predicted octanol–water partition coefficient (Wildman–Crippen LogP) is 5.31. The van der Waals surface area contributed by atoms with Crippen LogP contribution in [-0.4, -0.2) is 41.3 Å². The third-order valence-electron chi connectivity index (χ3n) is 6.02. The maximum absolute atomic E-state index is 13.2. The monoisotopic (exact) mass is 541 g/mol. The first-order valence-electron chi connectivity index (χ1n) is 11.5.